The molecule has 0 atom stereocenters. The lowest BCUT2D eigenvalue weighted by molar-refractivity contribution is -0.0540. The van der Waals surface area contributed by atoms with Crippen LogP contribution < -0.4 is 0 Å². The van der Waals surface area contributed by atoms with E-state index in [1.807, 2.05) is 18.2 Å². The Morgan fingerprint density at radius 2 is 1.96 bits per heavy atom. The van der Waals surface area contributed by atoms with Crippen LogP contribution in [0, 0.1) is 0 Å². The second kappa shape index (κ2) is 5.67. The van der Waals surface area contributed by atoms with Gasteiger partial charge in [-0.2, -0.15) is 21.6 Å². The summed E-state index contributed by atoms with van der Waals surface area (Å²) in [4.78, 5) is 0.812. The highest BCUT2D eigenvalue weighted by atomic mass is 79.9. The van der Waals surface area contributed by atoms with Crippen LogP contribution in [0.25, 0.3) is 10.8 Å². The summed E-state index contributed by atoms with van der Waals surface area (Å²) < 4.78 is 63.5. The highest BCUT2D eigenvalue weighted by Crippen LogP contribution is 2.38. The molecule has 0 saturated carbocycles. The molecular weight excluding hydrogens is 419 g/mol. The highest BCUT2D eigenvalue weighted by Gasteiger charge is 2.49. The van der Waals surface area contributed by atoms with Gasteiger partial charge >= 0.3 is 15.6 Å². The lowest BCUT2D eigenvalue weighted by Crippen LogP contribution is -2.24. The Balaban J connectivity index is 2.06. The van der Waals surface area contributed by atoms with Crippen molar-refractivity contribution in [2.45, 2.75) is 10.4 Å². The van der Waals surface area contributed by atoms with Gasteiger partial charge in [0.05, 0.1) is 0 Å². The van der Waals surface area contributed by atoms with E-state index in [0.29, 0.717) is 5.56 Å². The van der Waals surface area contributed by atoms with Crippen molar-refractivity contribution < 1.29 is 25.9 Å². The summed E-state index contributed by atoms with van der Waals surface area (Å²) in [5.74, 6) is 0.234. The molecule has 2 aromatic carbocycles. The monoisotopic (exact) mass is 425 g/mol. The minimum Gasteiger partial charge on any atom is -0.262 e. The molecule has 1 aliphatic heterocycles. The Morgan fingerprint density at radius 3 is 2.65 bits per heavy atom. The maximum atomic E-state index is 12.3. The third-order valence-electron chi connectivity index (χ3n) is 3.13. The number of benzene rings is 2. The van der Waals surface area contributed by atoms with E-state index in [1.165, 1.54) is 11.8 Å². The van der Waals surface area contributed by atoms with Gasteiger partial charge in [0.15, 0.2) is 0 Å². The first-order valence-electron chi connectivity index (χ1n) is 6.11. The second-order valence-corrected chi connectivity index (χ2v) is 8.06. The third kappa shape index (κ3) is 3.07. The molecule has 0 aliphatic carbocycles. The topological polar surface area (TPSA) is 55.7 Å². The minimum atomic E-state index is -5.75. The van der Waals surface area contributed by atoms with E-state index in [0.717, 1.165) is 20.1 Å². The number of oxime groups is 1. The smallest absolute Gasteiger partial charge is 0.262 e. The summed E-state index contributed by atoms with van der Waals surface area (Å²) in [5.41, 5.74) is -4.75. The molecule has 1 heterocycles. The van der Waals surface area contributed by atoms with Gasteiger partial charge in [0, 0.05) is 20.7 Å². The van der Waals surface area contributed by atoms with E-state index >= 15 is 0 Å². The molecule has 10 heteroatoms. The first kappa shape index (κ1) is 16.6. The Labute approximate surface area is 141 Å². The van der Waals surface area contributed by atoms with Crippen molar-refractivity contribution in [3.8, 4) is 0 Å². The Morgan fingerprint density at radius 1 is 1.22 bits per heavy atom. The molecule has 23 heavy (non-hydrogen) atoms. The van der Waals surface area contributed by atoms with Crippen LogP contribution in [-0.2, 0) is 14.4 Å². The lowest BCUT2D eigenvalue weighted by Gasteiger charge is -2.07. The van der Waals surface area contributed by atoms with Crippen LogP contribution in [0.4, 0.5) is 13.2 Å². The van der Waals surface area contributed by atoms with Gasteiger partial charge in [-0.25, -0.2) is 0 Å². The average Bonchev–Trinajstić information content (AvgIpc) is 2.87. The van der Waals surface area contributed by atoms with Crippen LogP contribution in [0.3, 0.4) is 0 Å². The number of nitrogens with zero attached hydrogens (tertiary/aromatic N) is 1. The van der Waals surface area contributed by atoms with Gasteiger partial charge in [-0.3, -0.25) is 4.28 Å². The molecule has 0 spiro atoms. The summed E-state index contributed by atoms with van der Waals surface area (Å²) in [6, 6.07) is 9.12. The Bertz CT molecular complexity index is 926. The van der Waals surface area contributed by atoms with Crippen molar-refractivity contribution in [1.29, 1.82) is 0 Å². The van der Waals surface area contributed by atoms with E-state index in [2.05, 4.69) is 25.4 Å². The maximum Gasteiger partial charge on any atom is 0.536 e. The zero-order chi connectivity index (χ0) is 16.8. The summed E-state index contributed by atoms with van der Waals surface area (Å²) in [6.07, 6.45) is 0. The SMILES string of the molecule is O=S(=O)(ON=C1CSc2ccc3cc(Br)ccc3c21)C(F)(F)F. The fourth-order valence-electron chi connectivity index (χ4n) is 2.13. The molecule has 0 saturated heterocycles. The van der Waals surface area contributed by atoms with E-state index in [-0.39, 0.29) is 11.5 Å². The molecule has 3 rings (SSSR count). The van der Waals surface area contributed by atoms with E-state index < -0.39 is 15.6 Å². The van der Waals surface area contributed by atoms with E-state index in [1.54, 1.807) is 12.1 Å². The molecule has 2 aromatic rings. The van der Waals surface area contributed by atoms with Gasteiger partial charge in [0.25, 0.3) is 0 Å². The summed E-state index contributed by atoms with van der Waals surface area (Å²) >= 11 is 4.70. The van der Waals surface area contributed by atoms with Gasteiger partial charge in [-0.1, -0.05) is 33.2 Å². The standard InChI is InChI=1S/C13H7BrF3NO3S2/c14-8-2-3-9-7(5-8)1-4-11-12(9)10(6-22-11)18-21-23(19,20)13(15,16)17/h1-5H,6H2. The van der Waals surface area contributed by atoms with Crippen LogP contribution in [0.5, 0.6) is 0 Å². The predicted octanol–water partition coefficient (Wildman–Crippen LogP) is 4.28. The zero-order valence-electron chi connectivity index (χ0n) is 11.1. The van der Waals surface area contributed by atoms with Crippen molar-refractivity contribution >= 4 is 54.3 Å². The molecule has 0 unspecified atom stereocenters. The first-order chi connectivity index (χ1) is 10.7. The highest BCUT2D eigenvalue weighted by molar-refractivity contribution is 9.10. The number of halogens is 4. The van der Waals surface area contributed by atoms with Gasteiger partial charge in [-0.05, 0) is 29.0 Å². The van der Waals surface area contributed by atoms with Crippen molar-refractivity contribution in [1.82, 2.24) is 0 Å². The van der Waals surface area contributed by atoms with Crippen LogP contribution in [0.15, 0.2) is 44.9 Å². The van der Waals surface area contributed by atoms with Crippen molar-refractivity contribution in [3.63, 3.8) is 0 Å². The van der Waals surface area contributed by atoms with Crippen molar-refractivity contribution in [3.05, 3.63) is 40.4 Å². The summed E-state index contributed by atoms with van der Waals surface area (Å²) in [5, 5.41) is 4.87. The van der Waals surface area contributed by atoms with Gasteiger partial charge < -0.3 is 0 Å². The first-order valence-corrected chi connectivity index (χ1v) is 9.30. The average molecular weight is 426 g/mol. The van der Waals surface area contributed by atoms with Gasteiger partial charge in [0.1, 0.15) is 5.71 Å². The number of rotatable bonds is 2. The molecule has 0 bridgehead atoms. The van der Waals surface area contributed by atoms with E-state index in [9.17, 15) is 21.6 Å². The molecule has 4 nitrogen and oxygen atoms in total. The fourth-order valence-corrected chi connectivity index (χ4v) is 3.80. The second-order valence-electron chi connectivity index (χ2n) is 4.61. The van der Waals surface area contributed by atoms with Gasteiger partial charge in [-0.15, -0.1) is 11.8 Å². The van der Waals surface area contributed by atoms with Crippen LogP contribution >= 0.6 is 27.7 Å². The third-order valence-corrected chi connectivity index (χ3v) is 5.53. The normalized spacial score (nSPS) is 16.8. The largest absolute Gasteiger partial charge is 0.536 e. The zero-order valence-corrected chi connectivity index (χ0v) is 14.3. The Kier molecular flexibility index (Phi) is 4.09. The lowest BCUT2D eigenvalue weighted by atomic mass is 10.0. The van der Waals surface area contributed by atoms with Crippen molar-refractivity contribution in [2.75, 3.05) is 5.75 Å². The summed E-state index contributed by atoms with van der Waals surface area (Å²) in [7, 11) is -5.75. The Hall–Kier alpha value is -1.26. The molecule has 1 aliphatic rings. The molecule has 0 radical (unpaired) electrons. The number of hydrogen-bond donors (Lipinski definition) is 0. The number of thioether (sulfide) groups is 1. The molecule has 0 amide bonds. The molecule has 122 valence electrons. The fraction of sp³-hybridized carbons (Fsp3) is 0.154. The van der Waals surface area contributed by atoms with Crippen LogP contribution in [0.2, 0.25) is 0 Å². The minimum absolute atomic E-state index is 0.158. The number of alkyl halides is 3. The van der Waals surface area contributed by atoms with E-state index in [4.69, 9.17) is 0 Å². The summed E-state index contributed by atoms with van der Waals surface area (Å²) in [6.45, 7) is 0. The molecule has 0 fully saturated rings. The molecular formula is C13H7BrF3NO3S2. The van der Waals surface area contributed by atoms with Crippen LogP contribution in [0.1, 0.15) is 5.56 Å². The maximum absolute atomic E-state index is 12.3. The number of hydrogen-bond acceptors (Lipinski definition) is 5. The molecule has 0 aromatic heterocycles. The van der Waals surface area contributed by atoms with Gasteiger partial charge in [0.2, 0.25) is 0 Å². The quantitative estimate of drug-likeness (QED) is 0.532. The number of fused-ring (bicyclic) bond motifs is 3. The molecule has 0 N–H and O–H groups in total. The van der Waals surface area contributed by atoms with Crippen molar-refractivity contribution in [2.24, 2.45) is 5.16 Å². The predicted molar refractivity (Wildman–Crippen MR) is 85.0 cm³/mol. The van der Waals surface area contributed by atoms with Crippen LogP contribution in [-0.4, -0.2) is 25.4 Å².